The zero-order valence-corrected chi connectivity index (χ0v) is 9.61. The highest BCUT2D eigenvalue weighted by molar-refractivity contribution is 5.38. The smallest absolute Gasteiger partial charge is 0.124 e. The Morgan fingerprint density at radius 2 is 1.88 bits per heavy atom. The molecule has 1 aromatic rings. The average Bonchev–Trinajstić information content (AvgIpc) is 2.30. The topological polar surface area (TPSA) is 35.2 Å². The summed E-state index contributed by atoms with van der Waals surface area (Å²) in [5.74, 6) is 1.02. The Morgan fingerprint density at radius 3 is 2.69 bits per heavy atom. The van der Waals surface area contributed by atoms with Gasteiger partial charge in [0.2, 0.25) is 0 Å². The third kappa shape index (κ3) is 1.61. The SMILES string of the molecule is N[C@H]1CC2(CCCCC2)Oc2ccccc21. The minimum atomic E-state index is 0.0476. The van der Waals surface area contributed by atoms with Crippen molar-refractivity contribution in [2.75, 3.05) is 0 Å². The minimum Gasteiger partial charge on any atom is -0.487 e. The Kier molecular flexibility index (Phi) is 2.40. The van der Waals surface area contributed by atoms with Gasteiger partial charge in [0.25, 0.3) is 0 Å². The van der Waals surface area contributed by atoms with Crippen molar-refractivity contribution in [3.8, 4) is 5.75 Å². The molecular formula is C14H19NO. The lowest BCUT2D eigenvalue weighted by Gasteiger charge is -2.43. The Bertz CT molecular complexity index is 382. The van der Waals surface area contributed by atoms with Crippen LogP contribution >= 0.6 is 0 Å². The first-order valence-corrected chi connectivity index (χ1v) is 6.33. The Balaban J connectivity index is 1.93. The molecule has 3 rings (SSSR count). The van der Waals surface area contributed by atoms with Gasteiger partial charge in [-0.15, -0.1) is 0 Å². The minimum absolute atomic E-state index is 0.0476. The summed E-state index contributed by atoms with van der Waals surface area (Å²) < 4.78 is 6.25. The van der Waals surface area contributed by atoms with Gasteiger partial charge in [-0.25, -0.2) is 0 Å². The van der Waals surface area contributed by atoms with Crippen molar-refractivity contribution in [3.63, 3.8) is 0 Å². The zero-order valence-electron chi connectivity index (χ0n) is 9.61. The van der Waals surface area contributed by atoms with Crippen LogP contribution in [0.4, 0.5) is 0 Å². The maximum atomic E-state index is 6.27. The van der Waals surface area contributed by atoms with E-state index in [0.717, 1.165) is 12.2 Å². The van der Waals surface area contributed by atoms with Gasteiger partial charge in [0.05, 0.1) is 0 Å². The van der Waals surface area contributed by atoms with Gasteiger partial charge in [-0.2, -0.15) is 0 Å². The van der Waals surface area contributed by atoms with Crippen LogP contribution in [0.1, 0.15) is 50.1 Å². The highest BCUT2D eigenvalue weighted by atomic mass is 16.5. The van der Waals surface area contributed by atoms with E-state index < -0.39 is 0 Å². The fourth-order valence-electron chi connectivity index (χ4n) is 3.17. The third-order valence-electron chi connectivity index (χ3n) is 4.00. The van der Waals surface area contributed by atoms with E-state index in [1.807, 2.05) is 12.1 Å². The zero-order chi connectivity index (χ0) is 11.0. The number of rotatable bonds is 0. The molecule has 0 radical (unpaired) electrons. The first kappa shape index (κ1) is 10.2. The highest BCUT2D eigenvalue weighted by Gasteiger charge is 2.40. The van der Waals surface area contributed by atoms with Gasteiger partial charge in [0.15, 0.2) is 0 Å². The van der Waals surface area contributed by atoms with Crippen LogP contribution in [0, 0.1) is 0 Å². The summed E-state index contributed by atoms with van der Waals surface area (Å²) in [6, 6.07) is 8.39. The lowest BCUT2D eigenvalue weighted by Crippen LogP contribution is -2.44. The van der Waals surface area contributed by atoms with Crippen molar-refractivity contribution in [3.05, 3.63) is 29.8 Å². The van der Waals surface area contributed by atoms with Crippen LogP contribution in [0.3, 0.4) is 0 Å². The third-order valence-corrected chi connectivity index (χ3v) is 4.00. The summed E-state index contributed by atoms with van der Waals surface area (Å²) >= 11 is 0. The summed E-state index contributed by atoms with van der Waals surface area (Å²) in [6.07, 6.45) is 7.26. The summed E-state index contributed by atoms with van der Waals surface area (Å²) in [5.41, 5.74) is 7.50. The highest BCUT2D eigenvalue weighted by Crippen LogP contribution is 2.44. The van der Waals surface area contributed by atoms with Crippen LogP contribution in [0.25, 0.3) is 0 Å². The molecule has 86 valence electrons. The fourth-order valence-corrected chi connectivity index (χ4v) is 3.17. The number of ether oxygens (including phenoxy) is 1. The molecule has 0 unspecified atom stereocenters. The van der Waals surface area contributed by atoms with Crippen LogP contribution in [-0.2, 0) is 0 Å². The molecule has 1 aliphatic heterocycles. The number of fused-ring (bicyclic) bond motifs is 1. The summed E-state index contributed by atoms with van der Waals surface area (Å²) in [7, 11) is 0. The maximum absolute atomic E-state index is 6.27. The lowest BCUT2D eigenvalue weighted by atomic mass is 9.77. The van der Waals surface area contributed by atoms with Crippen molar-refractivity contribution in [1.29, 1.82) is 0 Å². The fraction of sp³-hybridized carbons (Fsp3) is 0.571. The largest absolute Gasteiger partial charge is 0.487 e. The Labute approximate surface area is 96.8 Å². The standard InChI is InChI=1S/C14H19NO/c15-12-10-14(8-4-1-5-9-14)16-13-7-3-2-6-11(12)13/h2-3,6-7,12H,1,4-5,8-10,15H2/t12-/m0/s1. The summed E-state index contributed by atoms with van der Waals surface area (Å²) in [5, 5.41) is 0. The van der Waals surface area contributed by atoms with E-state index in [1.165, 1.54) is 37.7 Å². The molecule has 0 amide bonds. The van der Waals surface area contributed by atoms with E-state index in [1.54, 1.807) is 0 Å². The average molecular weight is 217 g/mol. The molecule has 0 saturated heterocycles. The Morgan fingerprint density at radius 1 is 1.12 bits per heavy atom. The first-order valence-electron chi connectivity index (χ1n) is 6.33. The van der Waals surface area contributed by atoms with Gasteiger partial charge < -0.3 is 10.5 Å². The van der Waals surface area contributed by atoms with Gasteiger partial charge in [0.1, 0.15) is 11.4 Å². The molecule has 1 spiro atoms. The summed E-state index contributed by atoms with van der Waals surface area (Å²) in [6.45, 7) is 0. The van der Waals surface area contributed by atoms with Gasteiger partial charge >= 0.3 is 0 Å². The quantitative estimate of drug-likeness (QED) is 0.724. The van der Waals surface area contributed by atoms with Crippen LogP contribution in [0.5, 0.6) is 5.75 Å². The van der Waals surface area contributed by atoms with Gasteiger partial charge in [-0.1, -0.05) is 24.6 Å². The van der Waals surface area contributed by atoms with E-state index in [0.29, 0.717) is 0 Å². The second-order valence-corrected chi connectivity index (χ2v) is 5.19. The molecule has 2 nitrogen and oxygen atoms in total. The summed E-state index contributed by atoms with van der Waals surface area (Å²) in [4.78, 5) is 0. The second kappa shape index (κ2) is 3.77. The monoisotopic (exact) mass is 217 g/mol. The number of para-hydroxylation sites is 1. The molecule has 2 heteroatoms. The van der Waals surface area contributed by atoms with E-state index in [4.69, 9.17) is 10.5 Å². The van der Waals surface area contributed by atoms with Gasteiger partial charge in [-0.05, 0) is 31.7 Å². The molecule has 0 aromatic heterocycles. The molecular weight excluding hydrogens is 198 g/mol. The van der Waals surface area contributed by atoms with Crippen molar-refractivity contribution in [2.24, 2.45) is 5.73 Å². The van der Waals surface area contributed by atoms with Crippen molar-refractivity contribution >= 4 is 0 Å². The molecule has 1 saturated carbocycles. The lowest BCUT2D eigenvalue weighted by molar-refractivity contribution is 0.00195. The van der Waals surface area contributed by atoms with Crippen molar-refractivity contribution < 1.29 is 4.74 Å². The molecule has 2 aliphatic rings. The van der Waals surface area contributed by atoms with Crippen LogP contribution in [-0.4, -0.2) is 5.60 Å². The van der Waals surface area contributed by atoms with E-state index in [-0.39, 0.29) is 11.6 Å². The predicted molar refractivity (Wildman–Crippen MR) is 64.4 cm³/mol. The van der Waals surface area contributed by atoms with Crippen LogP contribution in [0.15, 0.2) is 24.3 Å². The van der Waals surface area contributed by atoms with Crippen molar-refractivity contribution in [2.45, 2.75) is 50.2 Å². The van der Waals surface area contributed by atoms with Crippen LogP contribution in [0.2, 0.25) is 0 Å². The van der Waals surface area contributed by atoms with Gasteiger partial charge in [-0.3, -0.25) is 0 Å². The first-order chi connectivity index (χ1) is 7.79. The number of hydrogen-bond donors (Lipinski definition) is 1. The number of nitrogens with two attached hydrogens (primary N) is 1. The molecule has 16 heavy (non-hydrogen) atoms. The Hall–Kier alpha value is -1.02. The molecule has 1 aromatic carbocycles. The maximum Gasteiger partial charge on any atom is 0.124 e. The predicted octanol–water partition coefficient (Wildman–Crippen LogP) is 3.17. The number of benzene rings is 1. The van der Waals surface area contributed by atoms with E-state index in [9.17, 15) is 0 Å². The normalized spacial score (nSPS) is 27.2. The molecule has 1 aliphatic carbocycles. The second-order valence-electron chi connectivity index (χ2n) is 5.19. The molecule has 1 atom stereocenters. The molecule has 1 heterocycles. The molecule has 1 fully saturated rings. The molecule has 2 N–H and O–H groups in total. The van der Waals surface area contributed by atoms with E-state index in [2.05, 4.69) is 12.1 Å². The van der Waals surface area contributed by atoms with Crippen molar-refractivity contribution in [1.82, 2.24) is 0 Å². The van der Waals surface area contributed by atoms with Crippen LogP contribution < -0.4 is 10.5 Å². The molecule has 0 bridgehead atoms. The van der Waals surface area contributed by atoms with E-state index >= 15 is 0 Å². The number of hydrogen-bond acceptors (Lipinski definition) is 2. The van der Waals surface area contributed by atoms with Gasteiger partial charge in [0, 0.05) is 18.0 Å².